The molecule has 1 heterocycles. The van der Waals surface area contributed by atoms with Crippen LogP contribution in [0.1, 0.15) is 25.3 Å². The topological polar surface area (TPSA) is 76.1 Å². The zero-order valence-electron chi connectivity index (χ0n) is 11.1. The Bertz CT molecular complexity index is 666. The first kappa shape index (κ1) is 13.8. The standard InChI is InChI=1S/C15H13FN2O2/c1-8(19)13-9(2)20-15(18)12(7-17)14(13)10-3-5-11(16)6-4-10/h3-6,14H,18H2,1-2H3/t14-/m1/s1. The number of nitrogens with zero attached hydrogens (tertiary/aromatic N) is 1. The molecule has 1 aromatic rings. The summed E-state index contributed by atoms with van der Waals surface area (Å²) in [6, 6.07) is 7.60. The summed E-state index contributed by atoms with van der Waals surface area (Å²) in [4.78, 5) is 11.8. The van der Waals surface area contributed by atoms with Crippen molar-refractivity contribution >= 4 is 5.78 Å². The van der Waals surface area contributed by atoms with Gasteiger partial charge in [-0.05, 0) is 31.5 Å². The molecule has 5 heteroatoms. The Balaban J connectivity index is 2.64. The molecule has 1 aromatic carbocycles. The van der Waals surface area contributed by atoms with E-state index in [0.29, 0.717) is 16.9 Å². The van der Waals surface area contributed by atoms with Crippen molar-refractivity contribution in [1.29, 1.82) is 5.26 Å². The quantitative estimate of drug-likeness (QED) is 0.897. The number of allylic oxidation sites excluding steroid dienone is 3. The predicted octanol–water partition coefficient (Wildman–Crippen LogP) is 2.50. The fraction of sp³-hybridized carbons (Fsp3) is 0.200. The molecule has 0 aliphatic carbocycles. The molecule has 0 bridgehead atoms. The zero-order chi connectivity index (χ0) is 14.9. The molecule has 2 N–H and O–H groups in total. The minimum Gasteiger partial charge on any atom is -0.445 e. The third-order valence-electron chi connectivity index (χ3n) is 3.19. The third kappa shape index (κ3) is 2.28. The summed E-state index contributed by atoms with van der Waals surface area (Å²) in [6.45, 7) is 3.02. The minimum absolute atomic E-state index is 0.0238. The van der Waals surface area contributed by atoms with Gasteiger partial charge in [-0.15, -0.1) is 0 Å². The van der Waals surface area contributed by atoms with Crippen LogP contribution < -0.4 is 5.73 Å². The number of carbonyl (C=O) groups is 1. The van der Waals surface area contributed by atoms with Crippen molar-refractivity contribution in [1.82, 2.24) is 0 Å². The molecule has 0 spiro atoms. The molecule has 0 aromatic heterocycles. The second kappa shape index (κ2) is 5.17. The molecule has 0 radical (unpaired) electrons. The van der Waals surface area contributed by atoms with Gasteiger partial charge >= 0.3 is 0 Å². The fourth-order valence-electron chi connectivity index (χ4n) is 2.32. The fourth-order valence-corrected chi connectivity index (χ4v) is 2.32. The van der Waals surface area contributed by atoms with Crippen LogP contribution in [0.4, 0.5) is 4.39 Å². The van der Waals surface area contributed by atoms with Crippen molar-refractivity contribution in [2.24, 2.45) is 5.73 Å². The maximum Gasteiger partial charge on any atom is 0.205 e. The molecule has 4 nitrogen and oxygen atoms in total. The van der Waals surface area contributed by atoms with Crippen molar-refractivity contribution in [2.75, 3.05) is 0 Å². The van der Waals surface area contributed by atoms with Crippen LogP contribution in [0.2, 0.25) is 0 Å². The number of ether oxygens (including phenoxy) is 1. The van der Waals surface area contributed by atoms with Crippen LogP contribution in [0.3, 0.4) is 0 Å². The highest BCUT2D eigenvalue weighted by Crippen LogP contribution is 2.39. The number of rotatable bonds is 2. The lowest BCUT2D eigenvalue weighted by molar-refractivity contribution is -0.114. The lowest BCUT2D eigenvalue weighted by Gasteiger charge is -2.26. The van der Waals surface area contributed by atoms with Gasteiger partial charge in [0, 0.05) is 5.57 Å². The van der Waals surface area contributed by atoms with E-state index in [9.17, 15) is 14.4 Å². The van der Waals surface area contributed by atoms with E-state index in [1.807, 2.05) is 6.07 Å². The summed E-state index contributed by atoms with van der Waals surface area (Å²) in [5.74, 6) is -0.877. The van der Waals surface area contributed by atoms with Gasteiger partial charge < -0.3 is 10.5 Å². The predicted molar refractivity (Wildman–Crippen MR) is 70.4 cm³/mol. The van der Waals surface area contributed by atoms with Gasteiger partial charge in [-0.1, -0.05) is 12.1 Å². The van der Waals surface area contributed by atoms with Gasteiger partial charge in [-0.25, -0.2) is 4.39 Å². The molecule has 0 fully saturated rings. The summed E-state index contributed by atoms with van der Waals surface area (Å²) in [6.07, 6.45) is 0. The van der Waals surface area contributed by atoms with Gasteiger partial charge in [-0.3, -0.25) is 4.79 Å². The highest BCUT2D eigenvalue weighted by atomic mass is 19.1. The van der Waals surface area contributed by atoms with Crippen LogP contribution in [0.15, 0.2) is 47.1 Å². The van der Waals surface area contributed by atoms with Crippen molar-refractivity contribution in [3.63, 3.8) is 0 Å². The van der Waals surface area contributed by atoms with Crippen molar-refractivity contribution in [3.05, 3.63) is 58.4 Å². The maximum absolute atomic E-state index is 13.0. The van der Waals surface area contributed by atoms with E-state index in [-0.39, 0.29) is 23.1 Å². The molecule has 1 aliphatic heterocycles. The second-order valence-corrected chi connectivity index (χ2v) is 4.50. The number of ketones is 1. The summed E-state index contributed by atoms with van der Waals surface area (Å²) in [5, 5.41) is 9.26. The molecule has 102 valence electrons. The lowest BCUT2D eigenvalue weighted by atomic mass is 9.81. The number of hydrogen-bond donors (Lipinski definition) is 1. The molecule has 2 rings (SSSR count). The SMILES string of the molecule is CC(=O)C1=C(C)OC(N)=C(C#N)[C@H]1c1ccc(F)cc1. The lowest BCUT2D eigenvalue weighted by Crippen LogP contribution is -2.23. The van der Waals surface area contributed by atoms with Gasteiger partial charge in [0.15, 0.2) is 5.78 Å². The molecular formula is C15H13FN2O2. The Morgan fingerprint density at radius 2 is 2.00 bits per heavy atom. The van der Waals surface area contributed by atoms with Gasteiger partial charge in [0.05, 0.1) is 5.92 Å². The number of Topliss-reactive ketones (excluding diaryl/α,β-unsaturated/α-hetero) is 1. The number of hydrogen-bond acceptors (Lipinski definition) is 4. The summed E-state index contributed by atoms with van der Waals surface area (Å²) in [7, 11) is 0. The van der Waals surface area contributed by atoms with E-state index in [0.717, 1.165) is 0 Å². The first-order valence-electron chi connectivity index (χ1n) is 6.00. The van der Waals surface area contributed by atoms with Crippen LogP contribution in [-0.4, -0.2) is 5.78 Å². The monoisotopic (exact) mass is 272 g/mol. The van der Waals surface area contributed by atoms with Crippen LogP contribution in [0.25, 0.3) is 0 Å². The summed E-state index contributed by atoms with van der Waals surface area (Å²) < 4.78 is 18.3. The van der Waals surface area contributed by atoms with Crippen molar-refractivity contribution in [2.45, 2.75) is 19.8 Å². The second-order valence-electron chi connectivity index (χ2n) is 4.50. The van der Waals surface area contributed by atoms with E-state index in [1.165, 1.54) is 31.2 Å². The Hall–Kier alpha value is -2.61. The van der Waals surface area contributed by atoms with E-state index < -0.39 is 5.92 Å². The number of carbonyl (C=O) groups excluding carboxylic acids is 1. The normalized spacial score (nSPS) is 18.6. The van der Waals surface area contributed by atoms with Crippen LogP contribution >= 0.6 is 0 Å². The Morgan fingerprint density at radius 3 is 2.50 bits per heavy atom. The van der Waals surface area contributed by atoms with Crippen LogP contribution in [0, 0.1) is 17.1 Å². The summed E-state index contributed by atoms with van der Waals surface area (Å²) >= 11 is 0. The number of nitriles is 1. The third-order valence-corrected chi connectivity index (χ3v) is 3.19. The Kier molecular flexibility index (Phi) is 3.57. The number of nitrogens with two attached hydrogens (primary N) is 1. The average molecular weight is 272 g/mol. The smallest absolute Gasteiger partial charge is 0.205 e. The molecule has 0 amide bonds. The van der Waals surface area contributed by atoms with Crippen molar-refractivity contribution < 1.29 is 13.9 Å². The highest BCUT2D eigenvalue weighted by Gasteiger charge is 2.33. The van der Waals surface area contributed by atoms with E-state index >= 15 is 0 Å². The molecule has 1 aliphatic rings. The first-order chi connectivity index (χ1) is 9.45. The van der Waals surface area contributed by atoms with Crippen LogP contribution in [-0.2, 0) is 9.53 Å². The number of halogens is 1. The maximum atomic E-state index is 13.0. The van der Waals surface area contributed by atoms with Gasteiger partial charge in [0.2, 0.25) is 5.88 Å². The molecule has 20 heavy (non-hydrogen) atoms. The van der Waals surface area contributed by atoms with Gasteiger partial charge in [0.1, 0.15) is 23.2 Å². The van der Waals surface area contributed by atoms with Crippen molar-refractivity contribution in [3.8, 4) is 6.07 Å². The molecular weight excluding hydrogens is 259 g/mol. The van der Waals surface area contributed by atoms with E-state index in [2.05, 4.69) is 0 Å². The molecule has 1 atom stereocenters. The molecule has 0 saturated carbocycles. The highest BCUT2D eigenvalue weighted by molar-refractivity contribution is 5.96. The van der Waals surface area contributed by atoms with Gasteiger partial charge in [0.25, 0.3) is 0 Å². The zero-order valence-corrected chi connectivity index (χ0v) is 11.1. The van der Waals surface area contributed by atoms with E-state index in [4.69, 9.17) is 10.5 Å². The Labute approximate surface area is 116 Å². The minimum atomic E-state index is -0.619. The molecule has 0 saturated heterocycles. The first-order valence-corrected chi connectivity index (χ1v) is 6.00. The summed E-state index contributed by atoms with van der Waals surface area (Å²) in [5.41, 5.74) is 6.86. The average Bonchev–Trinajstić information content (AvgIpc) is 2.38. The largest absolute Gasteiger partial charge is 0.445 e. The number of benzene rings is 1. The van der Waals surface area contributed by atoms with Crippen LogP contribution in [0.5, 0.6) is 0 Å². The van der Waals surface area contributed by atoms with E-state index in [1.54, 1.807) is 6.92 Å². The molecule has 0 unspecified atom stereocenters. The Morgan fingerprint density at radius 1 is 1.40 bits per heavy atom. The van der Waals surface area contributed by atoms with Gasteiger partial charge in [-0.2, -0.15) is 5.26 Å².